The van der Waals surface area contributed by atoms with Gasteiger partial charge in [-0.2, -0.15) is 13.2 Å². The van der Waals surface area contributed by atoms with Crippen LogP contribution in [0.4, 0.5) is 13.2 Å². The monoisotopic (exact) mass is 280 g/mol. The third-order valence-electron chi connectivity index (χ3n) is 4.25. The first-order chi connectivity index (χ1) is 8.91. The molecule has 3 nitrogen and oxygen atoms in total. The van der Waals surface area contributed by atoms with Crippen molar-refractivity contribution >= 4 is 0 Å². The Kier molecular flexibility index (Phi) is 4.74. The summed E-state index contributed by atoms with van der Waals surface area (Å²) in [6, 6.07) is 0.397. The Hall–Kier alpha value is -0.330. The van der Waals surface area contributed by atoms with Crippen LogP contribution in [0.3, 0.4) is 0 Å². The highest BCUT2D eigenvalue weighted by Crippen LogP contribution is 2.36. The van der Waals surface area contributed by atoms with E-state index in [1.165, 1.54) is 12.8 Å². The first-order valence-electron chi connectivity index (χ1n) is 7.04. The van der Waals surface area contributed by atoms with Gasteiger partial charge in [0.25, 0.3) is 0 Å². The van der Waals surface area contributed by atoms with Crippen molar-refractivity contribution in [1.82, 2.24) is 10.2 Å². The minimum Gasteiger partial charge on any atom is -0.371 e. The van der Waals surface area contributed by atoms with Crippen molar-refractivity contribution < 1.29 is 17.9 Å². The summed E-state index contributed by atoms with van der Waals surface area (Å²) in [5.41, 5.74) is 0.161. The van der Waals surface area contributed by atoms with Gasteiger partial charge in [0.1, 0.15) is 6.61 Å². The van der Waals surface area contributed by atoms with Gasteiger partial charge in [-0.3, -0.25) is 4.90 Å². The largest absolute Gasteiger partial charge is 0.411 e. The van der Waals surface area contributed by atoms with Crippen LogP contribution >= 0.6 is 0 Å². The molecule has 0 bridgehead atoms. The van der Waals surface area contributed by atoms with Gasteiger partial charge in [-0.15, -0.1) is 0 Å². The zero-order valence-electron chi connectivity index (χ0n) is 11.4. The quantitative estimate of drug-likeness (QED) is 0.799. The van der Waals surface area contributed by atoms with Crippen molar-refractivity contribution in [3.05, 3.63) is 0 Å². The van der Waals surface area contributed by atoms with Gasteiger partial charge in [0, 0.05) is 31.2 Å². The van der Waals surface area contributed by atoms with Crippen LogP contribution in [0.1, 0.15) is 32.6 Å². The first kappa shape index (κ1) is 15.1. The number of nitrogens with one attached hydrogen (secondary N) is 1. The summed E-state index contributed by atoms with van der Waals surface area (Å²) in [5.74, 6) is 0. The Morgan fingerprint density at radius 2 is 2.00 bits per heavy atom. The number of piperazine rings is 1. The van der Waals surface area contributed by atoms with E-state index in [0.717, 1.165) is 25.9 Å². The maximum Gasteiger partial charge on any atom is 0.411 e. The zero-order valence-corrected chi connectivity index (χ0v) is 11.4. The second-order valence-corrected chi connectivity index (χ2v) is 5.83. The molecule has 1 unspecified atom stereocenters. The van der Waals surface area contributed by atoms with E-state index in [2.05, 4.69) is 17.1 Å². The fourth-order valence-electron chi connectivity index (χ4n) is 3.28. The summed E-state index contributed by atoms with van der Waals surface area (Å²) >= 11 is 0. The molecule has 0 amide bonds. The van der Waals surface area contributed by atoms with Crippen molar-refractivity contribution in [1.29, 1.82) is 0 Å². The van der Waals surface area contributed by atoms with Gasteiger partial charge in [0.05, 0.1) is 6.61 Å². The van der Waals surface area contributed by atoms with Crippen molar-refractivity contribution in [2.24, 2.45) is 0 Å². The molecule has 2 rings (SSSR count). The smallest absolute Gasteiger partial charge is 0.371 e. The molecule has 0 aromatic carbocycles. The number of rotatable bonds is 4. The van der Waals surface area contributed by atoms with Crippen LogP contribution in [0, 0.1) is 0 Å². The van der Waals surface area contributed by atoms with Gasteiger partial charge >= 0.3 is 6.18 Å². The molecular formula is C13H23F3N2O. The Bertz CT molecular complexity index is 290. The molecule has 1 spiro atoms. The molecule has 0 aromatic rings. The molecular weight excluding hydrogens is 257 g/mol. The van der Waals surface area contributed by atoms with E-state index in [4.69, 9.17) is 4.74 Å². The lowest BCUT2D eigenvalue weighted by molar-refractivity contribution is -0.175. The van der Waals surface area contributed by atoms with Crippen LogP contribution in [-0.4, -0.2) is 55.5 Å². The molecule has 112 valence electrons. The molecule has 1 aliphatic heterocycles. The molecule has 1 heterocycles. The minimum absolute atomic E-state index is 0.161. The molecule has 1 N–H and O–H groups in total. The first-order valence-corrected chi connectivity index (χ1v) is 7.04. The Balaban J connectivity index is 1.81. The summed E-state index contributed by atoms with van der Waals surface area (Å²) < 4.78 is 40.8. The van der Waals surface area contributed by atoms with Crippen LogP contribution in [0.15, 0.2) is 0 Å². The predicted molar refractivity (Wildman–Crippen MR) is 67.1 cm³/mol. The summed E-state index contributed by atoms with van der Waals surface area (Å²) in [7, 11) is 0. The zero-order chi connectivity index (χ0) is 13.9. The maximum atomic E-state index is 12.0. The summed E-state index contributed by atoms with van der Waals surface area (Å²) in [6.45, 7) is 3.59. The minimum atomic E-state index is -4.22. The third-order valence-corrected chi connectivity index (χ3v) is 4.25. The molecule has 19 heavy (non-hydrogen) atoms. The van der Waals surface area contributed by atoms with E-state index in [9.17, 15) is 13.2 Å². The third kappa shape index (κ3) is 4.07. The Labute approximate surface area is 112 Å². The number of hydrogen-bond acceptors (Lipinski definition) is 3. The Morgan fingerprint density at radius 1 is 1.32 bits per heavy atom. The van der Waals surface area contributed by atoms with Crippen molar-refractivity contribution in [3.8, 4) is 0 Å². The van der Waals surface area contributed by atoms with E-state index in [0.29, 0.717) is 12.6 Å². The molecule has 1 saturated carbocycles. The van der Waals surface area contributed by atoms with Gasteiger partial charge in [-0.25, -0.2) is 0 Å². The summed E-state index contributed by atoms with van der Waals surface area (Å²) in [4.78, 5) is 2.34. The molecule has 0 aromatic heterocycles. The highest BCUT2D eigenvalue weighted by atomic mass is 19.4. The predicted octanol–water partition coefficient (Wildman–Crippen LogP) is 2.17. The number of alkyl halides is 3. The number of nitrogens with zero attached hydrogens (tertiary/aromatic N) is 1. The van der Waals surface area contributed by atoms with Crippen molar-refractivity contribution in [2.45, 2.75) is 50.4 Å². The number of hydrogen-bond donors (Lipinski definition) is 1. The van der Waals surface area contributed by atoms with Crippen LogP contribution in [-0.2, 0) is 4.74 Å². The topological polar surface area (TPSA) is 24.5 Å². The summed E-state index contributed by atoms with van der Waals surface area (Å²) in [6.07, 6.45) is 0.506. The molecule has 0 radical (unpaired) electrons. The average molecular weight is 280 g/mol. The van der Waals surface area contributed by atoms with Gasteiger partial charge in [-0.05, 0) is 19.8 Å². The van der Waals surface area contributed by atoms with E-state index in [1.807, 2.05) is 0 Å². The summed E-state index contributed by atoms with van der Waals surface area (Å²) in [5, 5.41) is 3.50. The molecule has 6 heteroatoms. The van der Waals surface area contributed by atoms with E-state index in [1.54, 1.807) is 0 Å². The number of ether oxygens (including phenoxy) is 1. The van der Waals surface area contributed by atoms with Crippen LogP contribution in [0.5, 0.6) is 0 Å². The van der Waals surface area contributed by atoms with E-state index in [-0.39, 0.29) is 12.1 Å². The van der Waals surface area contributed by atoms with Gasteiger partial charge < -0.3 is 10.1 Å². The van der Waals surface area contributed by atoms with Gasteiger partial charge in [-0.1, -0.05) is 12.8 Å². The van der Waals surface area contributed by atoms with E-state index < -0.39 is 12.8 Å². The molecule has 1 saturated heterocycles. The average Bonchev–Trinajstić information content (AvgIpc) is 2.78. The Morgan fingerprint density at radius 3 is 2.63 bits per heavy atom. The van der Waals surface area contributed by atoms with E-state index >= 15 is 0 Å². The van der Waals surface area contributed by atoms with Crippen LogP contribution in [0.25, 0.3) is 0 Å². The normalized spacial score (nSPS) is 28.1. The van der Waals surface area contributed by atoms with Crippen LogP contribution < -0.4 is 5.32 Å². The lowest BCUT2D eigenvalue weighted by Crippen LogP contribution is -2.63. The molecule has 1 aliphatic carbocycles. The highest BCUT2D eigenvalue weighted by molar-refractivity contribution is 5.01. The second-order valence-electron chi connectivity index (χ2n) is 5.83. The maximum absolute atomic E-state index is 12.0. The lowest BCUT2D eigenvalue weighted by Gasteiger charge is -2.47. The highest BCUT2D eigenvalue weighted by Gasteiger charge is 2.42. The number of halogens is 3. The van der Waals surface area contributed by atoms with Crippen molar-refractivity contribution in [2.75, 3.05) is 32.8 Å². The van der Waals surface area contributed by atoms with Crippen molar-refractivity contribution in [3.63, 3.8) is 0 Å². The van der Waals surface area contributed by atoms with Gasteiger partial charge in [0.2, 0.25) is 0 Å². The molecule has 2 aliphatic rings. The SMILES string of the molecule is CC1CN(CCOCC(F)(F)F)C2(CCCC2)CN1. The standard InChI is InChI=1S/C13H23F3N2O/c1-11-8-18(6-7-19-10-13(14,15)16)12(9-17-11)4-2-3-5-12/h11,17H,2-10H2,1H3. The second kappa shape index (κ2) is 5.97. The fourth-order valence-corrected chi connectivity index (χ4v) is 3.28. The molecule has 1 atom stereocenters. The molecule has 2 fully saturated rings. The fraction of sp³-hybridized carbons (Fsp3) is 1.00. The van der Waals surface area contributed by atoms with Gasteiger partial charge in [0.15, 0.2) is 0 Å². The van der Waals surface area contributed by atoms with Crippen LogP contribution in [0.2, 0.25) is 0 Å². The lowest BCUT2D eigenvalue weighted by atomic mass is 9.91.